The number of aromatic carboxylic acids is 1. The second-order valence-corrected chi connectivity index (χ2v) is 4.97. The third-order valence-electron chi connectivity index (χ3n) is 3.37. The third-order valence-corrected chi connectivity index (χ3v) is 3.37. The molecular formula is C15H16N4O2. The monoisotopic (exact) mass is 284 g/mol. The van der Waals surface area contributed by atoms with E-state index < -0.39 is 5.97 Å². The molecule has 3 rings (SSSR count). The Bertz CT molecular complexity index is 816. The smallest absolute Gasteiger partial charge is 0.335 e. The van der Waals surface area contributed by atoms with Crippen LogP contribution in [0, 0.1) is 0 Å². The Morgan fingerprint density at radius 3 is 2.76 bits per heavy atom. The number of aryl methyl sites for hydroxylation is 2. The predicted molar refractivity (Wildman–Crippen MR) is 78.8 cm³/mol. The van der Waals surface area contributed by atoms with Gasteiger partial charge in [0.2, 0.25) is 0 Å². The van der Waals surface area contributed by atoms with Crippen LogP contribution in [0.4, 0.5) is 0 Å². The van der Waals surface area contributed by atoms with E-state index in [9.17, 15) is 4.79 Å². The van der Waals surface area contributed by atoms with Gasteiger partial charge in [0.15, 0.2) is 5.82 Å². The summed E-state index contributed by atoms with van der Waals surface area (Å²) in [7, 11) is 1.87. The summed E-state index contributed by atoms with van der Waals surface area (Å²) in [6.07, 6.45) is 3.65. The number of fused-ring (bicyclic) bond motifs is 1. The van der Waals surface area contributed by atoms with Crippen LogP contribution in [0.25, 0.3) is 16.9 Å². The van der Waals surface area contributed by atoms with Gasteiger partial charge in [0, 0.05) is 25.7 Å². The van der Waals surface area contributed by atoms with Crippen molar-refractivity contribution in [1.82, 2.24) is 19.3 Å². The van der Waals surface area contributed by atoms with E-state index in [2.05, 4.69) is 17.0 Å². The number of benzene rings is 1. The molecule has 0 bridgehead atoms. The molecule has 6 heteroatoms. The normalized spacial score (nSPS) is 11.1. The maximum Gasteiger partial charge on any atom is 0.335 e. The van der Waals surface area contributed by atoms with Gasteiger partial charge in [-0.15, -0.1) is 0 Å². The first-order valence-corrected chi connectivity index (χ1v) is 6.85. The lowest BCUT2D eigenvalue weighted by Crippen LogP contribution is -2.03. The molecule has 108 valence electrons. The minimum absolute atomic E-state index is 0.246. The molecule has 0 fully saturated rings. The van der Waals surface area contributed by atoms with Crippen LogP contribution in [0.1, 0.15) is 29.5 Å². The van der Waals surface area contributed by atoms with Crippen molar-refractivity contribution < 1.29 is 9.90 Å². The average Bonchev–Trinajstić information content (AvgIpc) is 3.01. The molecule has 0 radical (unpaired) electrons. The van der Waals surface area contributed by atoms with Gasteiger partial charge in [-0.3, -0.25) is 9.25 Å². The van der Waals surface area contributed by atoms with Crippen molar-refractivity contribution in [3.63, 3.8) is 0 Å². The standard InChI is InChI=1S/C15H16N4O2/c1-3-4-13-16-11-9-10(15(20)21)5-6-12(11)19(13)14-7-8-18(2)17-14/h5-9H,3-4H2,1-2H3,(H,20,21). The van der Waals surface area contributed by atoms with Crippen LogP contribution in [0.5, 0.6) is 0 Å². The van der Waals surface area contributed by atoms with Gasteiger partial charge in [-0.25, -0.2) is 9.78 Å². The Labute approximate surface area is 121 Å². The van der Waals surface area contributed by atoms with Crippen LogP contribution < -0.4 is 0 Å². The van der Waals surface area contributed by atoms with E-state index in [1.54, 1.807) is 22.9 Å². The van der Waals surface area contributed by atoms with E-state index in [0.29, 0.717) is 5.52 Å². The fourth-order valence-electron chi connectivity index (χ4n) is 2.43. The second kappa shape index (κ2) is 5.05. The molecule has 0 aliphatic carbocycles. The summed E-state index contributed by atoms with van der Waals surface area (Å²) in [6, 6.07) is 6.92. The van der Waals surface area contributed by atoms with Crippen molar-refractivity contribution in [2.45, 2.75) is 19.8 Å². The summed E-state index contributed by atoms with van der Waals surface area (Å²) in [5.74, 6) is 0.751. The molecule has 0 saturated heterocycles. The highest BCUT2D eigenvalue weighted by Gasteiger charge is 2.15. The average molecular weight is 284 g/mol. The highest BCUT2D eigenvalue weighted by atomic mass is 16.4. The lowest BCUT2D eigenvalue weighted by atomic mass is 10.2. The first-order valence-electron chi connectivity index (χ1n) is 6.85. The highest BCUT2D eigenvalue weighted by molar-refractivity contribution is 5.92. The van der Waals surface area contributed by atoms with Crippen LogP contribution in [-0.2, 0) is 13.5 Å². The lowest BCUT2D eigenvalue weighted by Gasteiger charge is -2.05. The van der Waals surface area contributed by atoms with Crippen molar-refractivity contribution >= 4 is 17.0 Å². The van der Waals surface area contributed by atoms with Crippen molar-refractivity contribution in [2.75, 3.05) is 0 Å². The number of nitrogens with zero attached hydrogens (tertiary/aromatic N) is 4. The number of aromatic nitrogens is 4. The number of hydrogen-bond donors (Lipinski definition) is 1. The van der Waals surface area contributed by atoms with E-state index in [-0.39, 0.29) is 5.56 Å². The molecule has 0 spiro atoms. The summed E-state index contributed by atoms with van der Waals surface area (Å²) in [5.41, 5.74) is 1.81. The van der Waals surface area contributed by atoms with Gasteiger partial charge in [0.05, 0.1) is 16.6 Å². The molecule has 2 heterocycles. The van der Waals surface area contributed by atoms with Gasteiger partial charge in [0.1, 0.15) is 5.82 Å². The molecule has 2 aromatic heterocycles. The van der Waals surface area contributed by atoms with E-state index in [1.807, 2.05) is 23.9 Å². The van der Waals surface area contributed by atoms with Gasteiger partial charge in [-0.05, 0) is 24.6 Å². The van der Waals surface area contributed by atoms with E-state index in [0.717, 1.165) is 30.0 Å². The molecule has 0 aliphatic rings. The number of rotatable bonds is 4. The minimum Gasteiger partial charge on any atom is -0.478 e. The van der Waals surface area contributed by atoms with Crippen LogP contribution in [-0.4, -0.2) is 30.4 Å². The van der Waals surface area contributed by atoms with Crippen LogP contribution >= 0.6 is 0 Å². The quantitative estimate of drug-likeness (QED) is 0.798. The summed E-state index contributed by atoms with van der Waals surface area (Å²) in [4.78, 5) is 15.7. The zero-order chi connectivity index (χ0) is 15.0. The van der Waals surface area contributed by atoms with Gasteiger partial charge in [-0.2, -0.15) is 5.10 Å². The Hall–Kier alpha value is -2.63. The summed E-state index contributed by atoms with van der Waals surface area (Å²) in [6.45, 7) is 2.09. The first kappa shape index (κ1) is 13.4. The number of carbonyl (C=O) groups is 1. The molecular weight excluding hydrogens is 268 g/mol. The van der Waals surface area contributed by atoms with Crippen molar-refractivity contribution in [3.8, 4) is 5.82 Å². The minimum atomic E-state index is -0.943. The van der Waals surface area contributed by atoms with Gasteiger partial charge in [-0.1, -0.05) is 6.92 Å². The Balaban J connectivity index is 2.24. The predicted octanol–water partition coefficient (Wildman–Crippen LogP) is 2.41. The molecule has 0 amide bonds. The van der Waals surface area contributed by atoms with Crippen molar-refractivity contribution in [1.29, 1.82) is 0 Å². The fraction of sp³-hybridized carbons (Fsp3) is 0.267. The van der Waals surface area contributed by atoms with Crippen LogP contribution in [0.15, 0.2) is 30.5 Å². The third kappa shape index (κ3) is 2.29. The van der Waals surface area contributed by atoms with E-state index in [1.165, 1.54) is 0 Å². The largest absolute Gasteiger partial charge is 0.478 e. The van der Waals surface area contributed by atoms with Crippen LogP contribution in [0.3, 0.4) is 0 Å². The van der Waals surface area contributed by atoms with Gasteiger partial charge in [0.25, 0.3) is 0 Å². The summed E-state index contributed by atoms with van der Waals surface area (Å²) < 4.78 is 3.73. The maximum atomic E-state index is 11.1. The number of carboxylic acid groups (broad SMARTS) is 1. The highest BCUT2D eigenvalue weighted by Crippen LogP contribution is 2.22. The Morgan fingerprint density at radius 2 is 2.14 bits per heavy atom. The molecule has 0 saturated carbocycles. The van der Waals surface area contributed by atoms with Gasteiger partial charge < -0.3 is 5.11 Å². The maximum absolute atomic E-state index is 11.1. The molecule has 21 heavy (non-hydrogen) atoms. The summed E-state index contributed by atoms with van der Waals surface area (Å²) in [5, 5.41) is 13.5. The molecule has 1 N–H and O–H groups in total. The molecule has 1 aromatic carbocycles. The molecule has 0 aliphatic heterocycles. The Morgan fingerprint density at radius 1 is 1.33 bits per heavy atom. The molecule has 0 atom stereocenters. The molecule has 3 aromatic rings. The van der Waals surface area contributed by atoms with E-state index in [4.69, 9.17) is 5.11 Å². The van der Waals surface area contributed by atoms with Crippen LogP contribution in [0.2, 0.25) is 0 Å². The number of imidazole rings is 1. The van der Waals surface area contributed by atoms with Crippen molar-refractivity contribution in [3.05, 3.63) is 41.9 Å². The lowest BCUT2D eigenvalue weighted by molar-refractivity contribution is 0.0697. The van der Waals surface area contributed by atoms with E-state index >= 15 is 0 Å². The number of hydrogen-bond acceptors (Lipinski definition) is 3. The fourth-order valence-corrected chi connectivity index (χ4v) is 2.43. The zero-order valence-corrected chi connectivity index (χ0v) is 11.9. The summed E-state index contributed by atoms with van der Waals surface area (Å²) >= 11 is 0. The molecule has 6 nitrogen and oxygen atoms in total. The second-order valence-electron chi connectivity index (χ2n) is 4.97. The zero-order valence-electron chi connectivity index (χ0n) is 11.9. The van der Waals surface area contributed by atoms with Crippen molar-refractivity contribution in [2.24, 2.45) is 7.05 Å². The van der Waals surface area contributed by atoms with Gasteiger partial charge >= 0.3 is 5.97 Å². The number of carboxylic acids is 1. The molecule has 0 unspecified atom stereocenters. The first-order chi connectivity index (χ1) is 10.1. The SMILES string of the molecule is CCCc1nc2cc(C(=O)O)ccc2n1-c1ccn(C)n1. The topological polar surface area (TPSA) is 72.9 Å². The Kier molecular flexibility index (Phi) is 3.21.